The molecule has 0 bridgehead atoms. The molecule has 1 saturated carbocycles. The van der Waals surface area contributed by atoms with Crippen molar-refractivity contribution in [2.24, 2.45) is 0 Å². The van der Waals surface area contributed by atoms with Crippen LogP contribution < -0.4 is 0 Å². The lowest BCUT2D eigenvalue weighted by Crippen LogP contribution is -1.84. The first kappa shape index (κ1) is 6.22. The number of rotatable bonds is 2. The molecule has 0 spiro atoms. The molecular formula is C6H7FN2S. The van der Waals surface area contributed by atoms with Gasteiger partial charge in [-0.25, -0.2) is 4.39 Å². The molecule has 0 amide bonds. The van der Waals surface area contributed by atoms with Crippen LogP contribution in [0.25, 0.3) is 0 Å². The molecule has 1 aromatic heterocycles. The maximum Gasteiger partial charge on any atom is 0.127 e. The fraction of sp³-hybridized carbons (Fsp3) is 0.667. The molecule has 1 aromatic rings. The molecule has 0 saturated heterocycles. The molecule has 2 rings (SSSR count). The standard InChI is InChI=1S/C6H7FN2S/c7-3-5-6(4-1-2-4)8-9-10-5/h4H,1-3H2. The van der Waals surface area contributed by atoms with Crippen LogP contribution in [0, 0.1) is 0 Å². The van der Waals surface area contributed by atoms with E-state index in [1.54, 1.807) is 0 Å². The third kappa shape index (κ3) is 0.923. The Balaban J connectivity index is 2.28. The minimum Gasteiger partial charge on any atom is -0.245 e. The summed E-state index contributed by atoms with van der Waals surface area (Å²) in [6.45, 7) is -0.399. The van der Waals surface area contributed by atoms with Crippen LogP contribution in [0.5, 0.6) is 0 Å². The van der Waals surface area contributed by atoms with Crippen molar-refractivity contribution in [2.45, 2.75) is 25.4 Å². The zero-order valence-corrected chi connectivity index (χ0v) is 6.20. The van der Waals surface area contributed by atoms with Gasteiger partial charge in [-0.3, -0.25) is 0 Å². The van der Waals surface area contributed by atoms with E-state index in [1.807, 2.05) is 0 Å². The van der Waals surface area contributed by atoms with E-state index in [4.69, 9.17) is 0 Å². The molecule has 10 heavy (non-hydrogen) atoms. The Kier molecular flexibility index (Phi) is 1.41. The van der Waals surface area contributed by atoms with Gasteiger partial charge in [-0.2, -0.15) is 0 Å². The Bertz CT molecular complexity index is 231. The molecule has 4 heteroatoms. The van der Waals surface area contributed by atoms with Crippen molar-refractivity contribution in [3.8, 4) is 0 Å². The van der Waals surface area contributed by atoms with Crippen molar-refractivity contribution in [1.29, 1.82) is 0 Å². The number of nitrogens with zero attached hydrogens (tertiary/aromatic N) is 2. The van der Waals surface area contributed by atoms with Gasteiger partial charge < -0.3 is 0 Å². The van der Waals surface area contributed by atoms with Gasteiger partial charge in [0.05, 0.1) is 10.6 Å². The fourth-order valence-corrected chi connectivity index (χ4v) is 1.55. The second-order valence-corrected chi connectivity index (χ2v) is 3.33. The second-order valence-electron chi connectivity index (χ2n) is 2.49. The summed E-state index contributed by atoms with van der Waals surface area (Å²) in [6.07, 6.45) is 2.33. The van der Waals surface area contributed by atoms with Crippen molar-refractivity contribution in [3.05, 3.63) is 10.6 Å². The molecule has 0 N–H and O–H groups in total. The van der Waals surface area contributed by atoms with E-state index in [0.29, 0.717) is 5.92 Å². The number of hydrogen-bond donors (Lipinski definition) is 0. The van der Waals surface area contributed by atoms with Crippen molar-refractivity contribution < 1.29 is 4.39 Å². The van der Waals surface area contributed by atoms with Gasteiger partial charge >= 0.3 is 0 Å². The number of halogens is 1. The summed E-state index contributed by atoms with van der Waals surface area (Å²) in [6, 6.07) is 0. The highest BCUT2D eigenvalue weighted by Crippen LogP contribution is 2.41. The summed E-state index contributed by atoms with van der Waals surface area (Å²) in [5.41, 5.74) is 0.910. The zero-order chi connectivity index (χ0) is 6.97. The van der Waals surface area contributed by atoms with Crippen LogP contribution in [0.2, 0.25) is 0 Å². The highest BCUT2D eigenvalue weighted by molar-refractivity contribution is 7.05. The van der Waals surface area contributed by atoms with Gasteiger partial charge in [0.1, 0.15) is 6.67 Å². The highest BCUT2D eigenvalue weighted by atomic mass is 32.1. The lowest BCUT2D eigenvalue weighted by atomic mass is 10.3. The summed E-state index contributed by atoms with van der Waals surface area (Å²) in [7, 11) is 0. The van der Waals surface area contributed by atoms with Gasteiger partial charge in [-0.1, -0.05) is 4.49 Å². The van der Waals surface area contributed by atoms with Gasteiger partial charge in [0.2, 0.25) is 0 Å². The largest absolute Gasteiger partial charge is 0.245 e. The lowest BCUT2D eigenvalue weighted by Gasteiger charge is -1.89. The Morgan fingerprint density at radius 1 is 1.60 bits per heavy atom. The molecule has 1 fully saturated rings. The molecule has 0 aliphatic heterocycles. The molecule has 0 unspecified atom stereocenters. The number of alkyl halides is 1. The Labute approximate surface area is 62.2 Å². The van der Waals surface area contributed by atoms with Crippen LogP contribution in [0.4, 0.5) is 4.39 Å². The molecule has 1 heterocycles. The van der Waals surface area contributed by atoms with Gasteiger partial charge in [0, 0.05) is 5.92 Å². The maximum atomic E-state index is 12.1. The summed E-state index contributed by atoms with van der Waals surface area (Å²) >= 11 is 1.18. The van der Waals surface area contributed by atoms with E-state index >= 15 is 0 Å². The van der Waals surface area contributed by atoms with E-state index in [2.05, 4.69) is 9.59 Å². The molecular weight excluding hydrogens is 151 g/mol. The van der Waals surface area contributed by atoms with E-state index < -0.39 is 6.67 Å². The van der Waals surface area contributed by atoms with Crippen molar-refractivity contribution >= 4 is 11.5 Å². The van der Waals surface area contributed by atoms with Gasteiger partial charge in [0.15, 0.2) is 0 Å². The molecule has 1 aliphatic carbocycles. The van der Waals surface area contributed by atoms with Crippen molar-refractivity contribution in [2.75, 3.05) is 0 Å². The molecule has 0 atom stereocenters. The summed E-state index contributed by atoms with van der Waals surface area (Å²) < 4.78 is 15.8. The Morgan fingerprint density at radius 3 is 3.00 bits per heavy atom. The smallest absolute Gasteiger partial charge is 0.127 e. The summed E-state index contributed by atoms with van der Waals surface area (Å²) in [4.78, 5) is 0.725. The minimum absolute atomic E-state index is 0.399. The SMILES string of the molecule is FCc1snnc1C1CC1. The quantitative estimate of drug-likeness (QED) is 0.656. The maximum absolute atomic E-state index is 12.1. The molecule has 2 nitrogen and oxygen atoms in total. The van der Waals surface area contributed by atoms with E-state index in [0.717, 1.165) is 10.6 Å². The Hall–Kier alpha value is -0.510. The van der Waals surface area contributed by atoms with Gasteiger partial charge in [-0.15, -0.1) is 5.10 Å². The molecule has 0 aromatic carbocycles. The monoisotopic (exact) mass is 158 g/mol. The number of aromatic nitrogens is 2. The normalized spacial score (nSPS) is 17.7. The van der Waals surface area contributed by atoms with Crippen LogP contribution in [0.1, 0.15) is 29.3 Å². The van der Waals surface area contributed by atoms with Crippen LogP contribution in [-0.4, -0.2) is 9.59 Å². The number of hydrogen-bond acceptors (Lipinski definition) is 3. The van der Waals surface area contributed by atoms with Crippen LogP contribution >= 0.6 is 11.5 Å². The fourth-order valence-electron chi connectivity index (χ4n) is 0.975. The third-order valence-corrected chi connectivity index (χ3v) is 2.37. The minimum atomic E-state index is -0.399. The summed E-state index contributed by atoms with van der Waals surface area (Å²) in [5, 5.41) is 3.88. The summed E-state index contributed by atoms with van der Waals surface area (Å²) in [5.74, 6) is 0.532. The topological polar surface area (TPSA) is 25.8 Å². The molecule has 54 valence electrons. The lowest BCUT2D eigenvalue weighted by molar-refractivity contribution is 0.488. The predicted octanol–water partition coefficient (Wildman–Crippen LogP) is 1.89. The van der Waals surface area contributed by atoms with Gasteiger partial charge in [0.25, 0.3) is 0 Å². The van der Waals surface area contributed by atoms with E-state index in [9.17, 15) is 4.39 Å². The Morgan fingerprint density at radius 2 is 2.40 bits per heavy atom. The van der Waals surface area contributed by atoms with Crippen LogP contribution in [0.15, 0.2) is 0 Å². The van der Waals surface area contributed by atoms with Crippen LogP contribution in [0.3, 0.4) is 0 Å². The predicted molar refractivity (Wildman–Crippen MR) is 36.7 cm³/mol. The van der Waals surface area contributed by atoms with Gasteiger partial charge in [-0.05, 0) is 24.4 Å². The zero-order valence-electron chi connectivity index (χ0n) is 5.38. The average molecular weight is 158 g/mol. The molecule has 1 aliphatic rings. The highest BCUT2D eigenvalue weighted by Gasteiger charge is 2.28. The van der Waals surface area contributed by atoms with E-state index in [-0.39, 0.29) is 0 Å². The molecule has 0 radical (unpaired) electrons. The van der Waals surface area contributed by atoms with Crippen LogP contribution in [-0.2, 0) is 6.67 Å². The van der Waals surface area contributed by atoms with Crippen molar-refractivity contribution in [3.63, 3.8) is 0 Å². The average Bonchev–Trinajstić information content (AvgIpc) is 2.69. The first-order valence-corrected chi connectivity index (χ1v) is 4.06. The van der Waals surface area contributed by atoms with E-state index in [1.165, 1.54) is 24.4 Å². The third-order valence-electron chi connectivity index (χ3n) is 1.67. The van der Waals surface area contributed by atoms with Crippen molar-refractivity contribution in [1.82, 2.24) is 9.59 Å². The second kappa shape index (κ2) is 2.27. The first-order chi connectivity index (χ1) is 4.92. The first-order valence-electron chi connectivity index (χ1n) is 3.29.